The van der Waals surface area contributed by atoms with Gasteiger partial charge in [0.05, 0.1) is 22.9 Å². The molecule has 2 heterocycles. The topological polar surface area (TPSA) is 79.5 Å². The molecule has 3 N–H and O–H groups in total. The molecule has 6 heteroatoms. The Morgan fingerprint density at radius 2 is 2.12 bits per heavy atom. The summed E-state index contributed by atoms with van der Waals surface area (Å²) in [5.74, 6) is -0.00690. The number of hydrogen-bond acceptors (Lipinski definition) is 5. The minimum absolute atomic E-state index is 0.00690. The molecule has 0 unspecified atom stereocenters. The minimum atomic E-state index is -0.0537. The van der Waals surface area contributed by atoms with Crippen molar-refractivity contribution in [2.45, 2.75) is 25.8 Å². The Hall–Kier alpha value is -2.44. The number of nitrogens with two attached hydrogens (primary N) is 1. The molecule has 0 spiro atoms. The normalized spacial score (nSPS) is 17.2. The number of nitrogens with zero attached hydrogens (tertiary/aromatic N) is 2. The first-order chi connectivity index (χ1) is 12.6. The average Bonchev–Trinajstić information content (AvgIpc) is 3.25. The molecular weight excluding hydrogens is 346 g/mol. The van der Waals surface area contributed by atoms with Gasteiger partial charge in [0.2, 0.25) is 0 Å². The second-order valence-electron chi connectivity index (χ2n) is 6.74. The number of likely N-dealkylation sites (tertiary alicyclic amines) is 1. The third-order valence-electron chi connectivity index (χ3n) is 5.04. The van der Waals surface area contributed by atoms with E-state index in [4.69, 9.17) is 5.73 Å². The second-order valence-corrected chi connectivity index (χ2v) is 7.80. The number of hydrogen-bond donors (Lipinski definition) is 2. The highest BCUT2D eigenvalue weighted by Crippen LogP contribution is 2.32. The van der Waals surface area contributed by atoms with Crippen LogP contribution in [0.3, 0.4) is 0 Å². The zero-order valence-electron chi connectivity index (χ0n) is 14.6. The van der Waals surface area contributed by atoms with Crippen molar-refractivity contribution in [3.05, 3.63) is 47.5 Å². The zero-order valence-corrected chi connectivity index (χ0v) is 15.4. The van der Waals surface area contributed by atoms with Gasteiger partial charge in [0.1, 0.15) is 0 Å². The van der Waals surface area contributed by atoms with E-state index in [1.165, 1.54) is 11.3 Å². The maximum Gasteiger partial charge on any atom is 0.254 e. The van der Waals surface area contributed by atoms with E-state index in [0.29, 0.717) is 17.2 Å². The van der Waals surface area contributed by atoms with Gasteiger partial charge in [-0.1, -0.05) is 23.5 Å². The molecule has 0 saturated carbocycles. The van der Waals surface area contributed by atoms with Crippen LogP contribution in [-0.2, 0) is 0 Å². The van der Waals surface area contributed by atoms with E-state index in [-0.39, 0.29) is 18.6 Å². The molecule has 2 aromatic carbocycles. The third kappa shape index (κ3) is 2.95. The molecule has 1 atom stereocenters. The van der Waals surface area contributed by atoms with E-state index < -0.39 is 0 Å². The Morgan fingerprint density at radius 3 is 2.85 bits per heavy atom. The van der Waals surface area contributed by atoms with Gasteiger partial charge in [0.25, 0.3) is 5.91 Å². The number of aryl methyl sites for hydroxylation is 1. The van der Waals surface area contributed by atoms with Gasteiger partial charge in [-0.3, -0.25) is 4.79 Å². The highest BCUT2D eigenvalue weighted by Gasteiger charge is 2.28. The number of rotatable bonds is 3. The second kappa shape index (κ2) is 6.70. The maximum atomic E-state index is 12.7. The molecule has 4 rings (SSSR count). The summed E-state index contributed by atoms with van der Waals surface area (Å²) in [6.07, 6.45) is 1.82. The van der Waals surface area contributed by atoms with E-state index in [9.17, 15) is 9.90 Å². The molecule has 0 aliphatic carbocycles. The van der Waals surface area contributed by atoms with Crippen molar-refractivity contribution in [3.8, 4) is 11.1 Å². The number of aromatic nitrogens is 1. The summed E-state index contributed by atoms with van der Waals surface area (Å²) >= 11 is 1.49. The number of benzene rings is 2. The van der Waals surface area contributed by atoms with Crippen LogP contribution in [0.15, 0.2) is 36.4 Å². The zero-order chi connectivity index (χ0) is 18.3. The third-order valence-corrected chi connectivity index (χ3v) is 5.89. The van der Waals surface area contributed by atoms with Crippen molar-refractivity contribution in [1.29, 1.82) is 0 Å². The van der Waals surface area contributed by atoms with Crippen molar-refractivity contribution in [2.24, 2.45) is 0 Å². The first kappa shape index (κ1) is 17.0. The number of carbonyl (C=O) groups excluding carboxylic acids is 1. The summed E-state index contributed by atoms with van der Waals surface area (Å²) < 4.78 is 1.08. The molecule has 5 nitrogen and oxygen atoms in total. The lowest BCUT2D eigenvalue weighted by Crippen LogP contribution is -2.37. The van der Waals surface area contributed by atoms with Gasteiger partial charge in [-0.2, -0.15) is 0 Å². The number of thiazole rings is 1. The highest BCUT2D eigenvalue weighted by atomic mass is 32.1. The number of nitrogen functional groups attached to an aromatic ring is 1. The Kier molecular flexibility index (Phi) is 4.38. The lowest BCUT2D eigenvalue weighted by molar-refractivity contribution is 0.0677. The first-order valence-corrected chi connectivity index (χ1v) is 9.57. The van der Waals surface area contributed by atoms with Gasteiger partial charge in [-0.25, -0.2) is 4.98 Å². The minimum Gasteiger partial charge on any atom is -0.394 e. The SMILES string of the molecule is Cc1cc2sc(N)nc2cc1-c1ccc(C(=O)N2CCC[C@H]2CO)cc1. The molecule has 1 fully saturated rings. The molecule has 1 aromatic heterocycles. The van der Waals surface area contributed by atoms with Crippen molar-refractivity contribution >= 4 is 32.6 Å². The van der Waals surface area contributed by atoms with E-state index in [1.807, 2.05) is 24.3 Å². The summed E-state index contributed by atoms with van der Waals surface area (Å²) in [7, 11) is 0. The molecule has 26 heavy (non-hydrogen) atoms. The number of anilines is 1. The molecule has 1 aliphatic heterocycles. The first-order valence-electron chi connectivity index (χ1n) is 8.76. The van der Waals surface area contributed by atoms with E-state index >= 15 is 0 Å². The van der Waals surface area contributed by atoms with Gasteiger partial charge in [-0.15, -0.1) is 0 Å². The molecule has 3 aromatic rings. The molecular formula is C20H21N3O2S. The van der Waals surface area contributed by atoms with E-state index in [1.54, 1.807) is 4.90 Å². The Morgan fingerprint density at radius 1 is 1.35 bits per heavy atom. The van der Waals surface area contributed by atoms with Crippen LogP contribution in [0.25, 0.3) is 21.3 Å². The van der Waals surface area contributed by atoms with E-state index in [2.05, 4.69) is 24.0 Å². The molecule has 134 valence electrons. The molecule has 1 saturated heterocycles. The smallest absolute Gasteiger partial charge is 0.254 e. The van der Waals surface area contributed by atoms with Crippen LogP contribution in [-0.4, -0.2) is 40.1 Å². The Bertz CT molecular complexity index is 965. The fourth-order valence-corrected chi connectivity index (χ4v) is 4.47. The lowest BCUT2D eigenvalue weighted by Gasteiger charge is -2.23. The van der Waals surface area contributed by atoms with Crippen LogP contribution in [0.5, 0.6) is 0 Å². The summed E-state index contributed by atoms with van der Waals surface area (Å²) in [5.41, 5.74) is 10.7. The lowest BCUT2D eigenvalue weighted by atomic mass is 9.99. The summed E-state index contributed by atoms with van der Waals surface area (Å²) in [6.45, 7) is 2.81. The van der Waals surface area contributed by atoms with Crippen molar-refractivity contribution in [3.63, 3.8) is 0 Å². The predicted octanol–water partition coefficient (Wildman–Crippen LogP) is 3.45. The molecule has 0 bridgehead atoms. The highest BCUT2D eigenvalue weighted by molar-refractivity contribution is 7.22. The fraction of sp³-hybridized carbons (Fsp3) is 0.300. The molecule has 0 radical (unpaired) electrons. The fourth-order valence-electron chi connectivity index (χ4n) is 3.66. The van der Waals surface area contributed by atoms with Crippen LogP contribution < -0.4 is 5.73 Å². The van der Waals surface area contributed by atoms with Crippen LogP contribution in [0.2, 0.25) is 0 Å². The maximum absolute atomic E-state index is 12.7. The number of amides is 1. The summed E-state index contributed by atoms with van der Waals surface area (Å²) in [4.78, 5) is 18.9. The van der Waals surface area contributed by atoms with Gasteiger partial charge >= 0.3 is 0 Å². The molecule has 1 amide bonds. The standard InChI is InChI=1S/C20H21N3O2S/c1-12-9-18-17(22-20(21)26-18)10-16(12)13-4-6-14(7-5-13)19(25)23-8-2-3-15(23)11-24/h4-7,9-10,15,24H,2-3,8,11H2,1H3,(H2,21,22)/t15-/m0/s1. The largest absolute Gasteiger partial charge is 0.394 e. The Labute approximate surface area is 156 Å². The monoisotopic (exact) mass is 367 g/mol. The number of carbonyl (C=O) groups is 1. The predicted molar refractivity (Wildman–Crippen MR) is 105 cm³/mol. The van der Waals surface area contributed by atoms with E-state index in [0.717, 1.165) is 39.7 Å². The van der Waals surface area contributed by atoms with Gasteiger partial charge in [0, 0.05) is 12.1 Å². The van der Waals surface area contributed by atoms with Crippen molar-refractivity contribution in [1.82, 2.24) is 9.88 Å². The number of aliphatic hydroxyl groups is 1. The van der Waals surface area contributed by atoms with Crippen molar-refractivity contribution < 1.29 is 9.90 Å². The van der Waals surface area contributed by atoms with Crippen molar-refractivity contribution in [2.75, 3.05) is 18.9 Å². The van der Waals surface area contributed by atoms with Gasteiger partial charge < -0.3 is 15.7 Å². The van der Waals surface area contributed by atoms with Crippen LogP contribution in [0, 0.1) is 6.92 Å². The van der Waals surface area contributed by atoms with Gasteiger partial charge in [0.15, 0.2) is 5.13 Å². The van der Waals surface area contributed by atoms with Crippen LogP contribution in [0.4, 0.5) is 5.13 Å². The Balaban J connectivity index is 1.63. The number of fused-ring (bicyclic) bond motifs is 1. The average molecular weight is 367 g/mol. The molecule has 1 aliphatic rings. The van der Waals surface area contributed by atoms with Gasteiger partial charge in [-0.05, 0) is 60.7 Å². The quantitative estimate of drug-likeness (QED) is 0.743. The van der Waals surface area contributed by atoms with Crippen LogP contribution >= 0.6 is 11.3 Å². The van der Waals surface area contributed by atoms with Crippen LogP contribution in [0.1, 0.15) is 28.8 Å². The number of aliphatic hydroxyl groups excluding tert-OH is 1. The summed E-state index contributed by atoms with van der Waals surface area (Å²) in [5, 5.41) is 10.0. The summed E-state index contributed by atoms with van der Waals surface area (Å²) in [6, 6.07) is 11.8.